The highest BCUT2D eigenvalue weighted by Crippen LogP contribution is 2.30. The molecule has 0 aliphatic rings. The van der Waals surface area contributed by atoms with Gasteiger partial charge in [0.15, 0.2) is 6.29 Å². The summed E-state index contributed by atoms with van der Waals surface area (Å²) < 4.78 is 35.3. The minimum absolute atomic E-state index is 0.329. The van der Waals surface area contributed by atoms with Crippen molar-refractivity contribution in [3.05, 3.63) is 0 Å². The second kappa shape index (κ2) is 4.72. The molecule has 1 unspecified atom stereocenters. The Morgan fingerprint density at radius 2 is 1.67 bits per heavy atom. The monoisotopic (exact) mass is 182 g/mol. The third-order valence-electron chi connectivity index (χ3n) is 1.88. The summed E-state index contributed by atoms with van der Waals surface area (Å²) in [5, 5.41) is 0. The third kappa shape index (κ3) is 3.03. The van der Waals surface area contributed by atoms with Gasteiger partial charge in [-0.05, 0) is 13.3 Å². The normalized spacial score (nSPS) is 15.2. The maximum absolute atomic E-state index is 12.9. The van der Waals surface area contributed by atoms with Crippen molar-refractivity contribution in [2.45, 2.75) is 32.5 Å². The van der Waals surface area contributed by atoms with Crippen LogP contribution in [0.1, 0.15) is 20.3 Å². The molecule has 0 saturated carbocycles. The Hall–Kier alpha value is -0.220. The van der Waals surface area contributed by atoms with Gasteiger partial charge in [0.05, 0.1) is 5.92 Å². The van der Waals surface area contributed by atoms with E-state index in [9.17, 15) is 8.78 Å². The number of ether oxygens (including phenoxy) is 2. The van der Waals surface area contributed by atoms with Gasteiger partial charge in [0.2, 0.25) is 0 Å². The number of alkyl halides is 2. The van der Waals surface area contributed by atoms with Gasteiger partial charge < -0.3 is 9.47 Å². The first kappa shape index (κ1) is 11.8. The Morgan fingerprint density at radius 1 is 1.25 bits per heavy atom. The number of hydrogen-bond donors (Lipinski definition) is 0. The SMILES string of the molecule is CCC(C(OC)OC)C(C)(F)F. The first-order valence-electron chi connectivity index (χ1n) is 3.90. The molecular formula is C8H16F2O2. The Labute approximate surface area is 71.9 Å². The fourth-order valence-corrected chi connectivity index (χ4v) is 1.21. The lowest BCUT2D eigenvalue weighted by molar-refractivity contribution is -0.197. The van der Waals surface area contributed by atoms with Crippen LogP contribution in [-0.4, -0.2) is 26.4 Å². The minimum atomic E-state index is -2.76. The lowest BCUT2D eigenvalue weighted by Crippen LogP contribution is -2.36. The van der Waals surface area contributed by atoms with Gasteiger partial charge in [-0.2, -0.15) is 0 Å². The molecule has 0 aliphatic heterocycles. The second-order valence-corrected chi connectivity index (χ2v) is 2.81. The molecule has 0 aliphatic carbocycles. The van der Waals surface area contributed by atoms with Crippen LogP contribution in [0.25, 0.3) is 0 Å². The zero-order valence-corrected chi connectivity index (χ0v) is 7.93. The summed E-state index contributed by atoms with van der Waals surface area (Å²) in [4.78, 5) is 0. The third-order valence-corrected chi connectivity index (χ3v) is 1.88. The van der Waals surface area contributed by atoms with Crippen LogP contribution in [-0.2, 0) is 9.47 Å². The molecule has 0 rings (SSSR count). The summed E-state index contributed by atoms with van der Waals surface area (Å²) in [6, 6.07) is 0. The fourth-order valence-electron chi connectivity index (χ4n) is 1.21. The van der Waals surface area contributed by atoms with Crippen LogP contribution in [0, 0.1) is 5.92 Å². The van der Waals surface area contributed by atoms with Gasteiger partial charge in [-0.3, -0.25) is 0 Å². The maximum Gasteiger partial charge on any atom is 0.253 e. The molecule has 0 aromatic carbocycles. The van der Waals surface area contributed by atoms with Crippen molar-refractivity contribution in [2.24, 2.45) is 5.92 Å². The Balaban J connectivity index is 4.31. The van der Waals surface area contributed by atoms with Crippen molar-refractivity contribution >= 4 is 0 Å². The van der Waals surface area contributed by atoms with E-state index in [1.165, 1.54) is 14.2 Å². The topological polar surface area (TPSA) is 18.5 Å². The Morgan fingerprint density at radius 3 is 1.75 bits per heavy atom. The lowest BCUT2D eigenvalue weighted by atomic mass is 9.99. The van der Waals surface area contributed by atoms with E-state index in [4.69, 9.17) is 9.47 Å². The van der Waals surface area contributed by atoms with Crippen LogP contribution in [0.15, 0.2) is 0 Å². The molecule has 0 heterocycles. The highest BCUT2D eigenvalue weighted by molar-refractivity contribution is 4.74. The highest BCUT2D eigenvalue weighted by Gasteiger charge is 2.39. The Bertz CT molecular complexity index is 119. The minimum Gasteiger partial charge on any atom is -0.355 e. The van der Waals surface area contributed by atoms with Gasteiger partial charge in [0.1, 0.15) is 0 Å². The van der Waals surface area contributed by atoms with Crippen LogP contribution < -0.4 is 0 Å². The van der Waals surface area contributed by atoms with Crippen molar-refractivity contribution in [1.29, 1.82) is 0 Å². The molecule has 0 aromatic heterocycles. The number of rotatable bonds is 5. The molecule has 0 spiro atoms. The van der Waals surface area contributed by atoms with Crippen LogP contribution in [0.5, 0.6) is 0 Å². The van der Waals surface area contributed by atoms with E-state index in [2.05, 4.69) is 0 Å². The average molecular weight is 182 g/mol. The smallest absolute Gasteiger partial charge is 0.253 e. The molecule has 1 atom stereocenters. The van der Waals surface area contributed by atoms with E-state index in [-0.39, 0.29) is 0 Å². The molecule has 12 heavy (non-hydrogen) atoms. The van der Waals surface area contributed by atoms with Crippen molar-refractivity contribution < 1.29 is 18.3 Å². The van der Waals surface area contributed by atoms with Gasteiger partial charge in [0.25, 0.3) is 5.92 Å². The highest BCUT2D eigenvalue weighted by atomic mass is 19.3. The van der Waals surface area contributed by atoms with Gasteiger partial charge in [-0.15, -0.1) is 0 Å². The van der Waals surface area contributed by atoms with Gasteiger partial charge >= 0.3 is 0 Å². The van der Waals surface area contributed by atoms with Gasteiger partial charge in [-0.1, -0.05) is 6.92 Å². The van der Waals surface area contributed by atoms with E-state index >= 15 is 0 Å². The summed E-state index contributed by atoms with van der Waals surface area (Å²) >= 11 is 0. The fraction of sp³-hybridized carbons (Fsp3) is 1.00. The quantitative estimate of drug-likeness (QED) is 0.607. The lowest BCUT2D eigenvalue weighted by Gasteiger charge is -2.28. The number of halogens is 2. The van der Waals surface area contributed by atoms with Crippen LogP contribution in [0.2, 0.25) is 0 Å². The molecule has 74 valence electrons. The first-order chi connectivity index (χ1) is 5.47. The molecule has 0 N–H and O–H groups in total. The molecular weight excluding hydrogens is 166 g/mol. The van der Waals surface area contributed by atoms with E-state index in [0.717, 1.165) is 6.92 Å². The molecule has 0 aromatic rings. The predicted molar refractivity (Wildman–Crippen MR) is 42.2 cm³/mol. The van der Waals surface area contributed by atoms with E-state index in [1.807, 2.05) is 0 Å². The largest absolute Gasteiger partial charge is 0.355 e. The molecule has 0 amide bonds. The first-order valence-corrected chi connectivity index (χ1v) is 3.90. The summed E-state index contributed by atoms with van der Waals surface area (Å²) in [6.07, 6.45) is -0.495. The molecule has 0 fully saturated rings. The van der Waals surface area contributed by atoms with E-state index < -0.39 is 18.1 Å². The summed E-state index contributed by atoms with van der Waals surface area (Å²) in [7, 11) is 2.73. The average Bonchev–Trinajstić information content (AvgIpc) is 1.97. The molecule has 2 nitrogen and oxygen atoms in total. The summed E-state index contributed by atoms with van der Waals surface area (Å²) in [5.41, 5.74) is 0. The van der Waals surface area contributed by atoms with Crippen molar-refractivity contribution in [2.75, 3.05) is 14.2 Å². The van der Waals surface area contributed by atoms with Crippen molar-refractivity contribution in [3.63, 3.8) is 0 Å². The van der Waals surface area contributed by atoms with Gasteiger partial charge in [0, 0.05) is 14.2 Å². The summed E-state index contributed by atoms with van der Waals surface area (Å²) in [5.74, 6) is -3.64. The van der Waals surface area contributed by atoms with E-state index in [1.54, 1.807) is 6.92 Å². The van der Waals surface area contributed by atoms with Crippen LogP contribution >= 0.6 is 0 Å². The Kier molecular flexibility index (Phi) is 4.63. The molecule has 0 bridgehead atoms. The second-order valence-electron chi connectivity index (χ2n) is 2.81. The standard InChI is InChI=1S/C8H16F2O2/c1-5-6(8(2,9)10)7(11-3)12-4/h6-7H,5H2,1-4H3. The molecule has 0 saturated heterocycles. The maximum atomic E-state index is 12.9. The van der Waals surface area contributed by atoms with Crippen molar-refractivity contribution in [3.8, 4) is 0 Å². The zero-order valence-electron chi connectivity index (χ0n) is 7.93. The number of hydrogen-bond acceptors (Lipinski definition) is 2. The molecule has 4 heteroatoms. The van der Waals surface area contributed by atoms with Crippen LogP contribution in [0.3, 0.4) is 0 Å². The predicted octanol–water partition coefficient (Wildman–Crippen LogP) is 2.29. The number of methoxy groups -OCH3 is 2. The summed E-state index contributed by atoms with van der Waals surface area (Å²) in [6.45, 7) is 2.57. The molecule has 0 radical (unpaired) electrons. The van der Waals surface area contributed by atoms with Crippen LogP contribution in [0.4, 0.5) is 8.78 Å². The van der Waals surface area contributed by atoms with Gasteiger partial charge in [-0.25, -0.2) is 8.78 Å². The zero-order chi connectivity index (χ0) is 9.78. The van der Waals surface area contributed by atoms with Crippen molar-refractivity contribution in [1.82, 2.24) is 0 Å². The van der Waals surface area contributed by atoms with E-state index in [0.29, 0.717) is 6.42 Å².